The molecule has 0 radical (unpaired) electrons. The molecule has 8 nitrogen and oxygen atoms in total. The molecule has 0 bridgehead atoms. The minimum atomic E-state index is -0.657. The maximum absolute atomic E-state index is 13.2. The zero-order chi connectivity index (χ0) is 23.7. The summed E-state index contributed by atoms with van der Waals surface area (Å²) in [5, 5.41) is 20.1. The Hall–Kier alpha value is -3.11. The molecule has 1 aliphatic heterocycles. The average Bonchev–Trinajstić information content (AvgIpc) is 3.27. The molecule has 1 aromatic carbocycles. The summed E-state index contributed by atoms with van der Waals surface area (Å²) in [7, 11) is 1.62. The van der Waals surface area contributed by atoms with Crippen molar-refractivity contribution in [3.05, 3.63) is 62.8 Å². The quantitative estimate of drug-likeness (QED) is 0.567. The van der Waals surface area contributed by atoms with Gasteiger partial charge >= 0.3 is 0 Å². The van der Waals surface area contributed by atoms with E-state index in [1.54, 1.807) is 34.9 Å². The van der Waals surface area contributed by atoms with Gasteiger partial charge in [-0.3, -0.25) is 9.59 Å². The zero-order valence-corrected chi connectivity index (χ0v) is 19.4. The van der Waals surface area contributed by atoms with Gasteiger partial charge < -0.3 is 19.3 Å². The summed E-state index contributed by atoms with van der Waals surface area (Å²) in [6.07, 6.45) is 2.55. The molecule has 3 heterocycles. The molecule has 2 aromatic heterocycles. The van der Waals surface area contributed by atoms with E-state index in [9.17, 15) is 19.1 Å². The normalized spacial score (nSPS) is 16.7. The second-order valence-corrected chi connectivity index (χ2v) is 9.12. The van der Waals surface area contributed by atoms with Gasteiger partial charge in [-0.25, -0.2) is 4.39 Å². The van der Waals surface area contributed by atoms with E-state index >= 15 is 0 Å². The molecule has 33 heavy (non-hydrogen) atoms. The van der Waals surface area contributed by atoms with Crippen LogP contribution in [0.15, 0.2) is 35.3 Å². The number of aromatic hydroxyl groups is 1. The number of hydrogen-bond donors (Lipinski definition) is 1. The number of carbonyl (C=O) groups is 1. The first-order valence-corrected chi connectivity index (χ1v) is 11.5. The van der Waals surface area contributed by atoms with Crippen molar-refractivity contribution in [2.24, 2.45) is 0 Å². The van der Waals surface area contributed by atoms with Gasteiger partial charge in [0.1, 0.15) is 10.8 Å². The Morgan fingerprint density at radius 3 is 2.67 bits per heavy atom. The average molecular weight is 473 g/mol. The molecule has 4 rings (SSSR count). The fourth-order valence-corrected chi connectivity index (χ4v) is 4.88. The monoisotopic (exact) mass is 472 g/mol. The molecule has 0 saturated carbocycles. The van der Waals surface area contributed by atoms with Gasteiger partial charge in [-0.2, -0.15) is 0 Å². The molecule has 0 saturated heterocycles. The molecule has 1 amide bonds. The highest BCUT2D eigenvalue weighted by molar-refractivity contribution is 7.14. The summed E-state index contributed by atoms with van der Waals surface area (Å²) in [5.41, 5.74) is 0.381. The first-order valence-electron chi connectivity index (χ1n) is 10.7. The zero-order valence-electron chi connectivity index (χ0n) is 18.6. The van der Waals surface area contributed by atoms with E-state index in [4.69, 9.17) is 4.74 Å². The van der Waals surface area contributed by atoms with Crippen molar-refractivity contribution >= 4 is 17.2 Å². The Balaban J connectivity index is 1.74. The summed E-state index contributed by atoms with van der Waals surface area (Å²) >= 11 is 1.22. The van der Waals surface area contributed by atoms with Gasteiger partial charge in [-0.05, 0) is 38.0 Å². The third-order valence-electron chi connectivity index (χ3n) is 5.88. The van der Waals surface area contributed by atoms with Crippen LogP contribution in [0.25, 0.3) is 10.6 Å². The van der Waals surface area contributed by atoms with Gasteiger partial charge in [-0.1, -0.05) is 23.5 Å². The molecule has 0 spiro atoms. The number of ether oxygens (including phenoxy) is 1. The van der Waals surface area contributed by atoms with Crippen LogP contribution >= 0.6 is 11.3 Å². The summed E-state index contributed by atoms with van der Waals surface area (Å²) in [6.45, 7) is 4.71. The predicted octanol–water partition coefficient (Wildman–Crippen LogP) is 3.24. The number of benzene rings is 1. The molecule has 0 fully saturated rings. The number of nitrogens with zero attached hydrogens (tertiary/aromatic N) is 4. The largest absolute Gasteiger partial charge is 0.503 e. The number of amides is 1. The Labute approximate surface area is 194 Å². The highest BCUT2D eigenvalue weighted by atomic mass is 32.1. The lowest BCUT2D eigenvalue weighted by Gasteiger charge is -2.36. The molecule has 0 aliphatic carbocycles. The molecule has 174 valence electrons. The van der Waals surface area contributed by atoms with Crippen LogP contribution < -0.4 is 5.43 Å². The van der Waals surface area contributed by atoms with Crippen molar-refractivity contribution in [3.63, 3.8) is 0 Å². The lowest BCUT2D eigenvalue weighted by molar-refractivity contribution is 0.0569. The van der Waals surface area contributed by atoms with Crippen LogP contribution in [0.2, 0.25) is 0 Å². The summed E-state index contributed by atoms with van der Waals surface area (Å²) in [4.78, 5) is 27.6. The van der Waals surface area contributed by atoms with Gasteiger partial charge in [0, 0.05) is 32.8 Å². The van der Waals surface area contributed by atoms with E-state index in [0.29, 0.717) is 35.9 Å². The number of hydrogen-bond acceptors (Lipinski definition) is 7. The molecule has 2 atom stereocenters. The van der Waals surface area contributed by atoms with Crippen LogP contribution in [-0.2, 0) is 11.2 Å². The van der Waals surface area contributed by atoms with Crippen LogP contribution in [0.3, 0.4) is 0 Å². The van der Waals surface area contributed by atoms with Crippen LogP contribution in [0.4, 0.5) is 4.39 Å². The third-order valence-corrected chi connectivity index (χ3v) is 6.84. The number of methoxy groups -OCH3 is 1. The third kappa shape index (κ3) is 4.53. The van der Waals surface area contributed by atoms with Crippen LogP contribution in [-0.4, -0.2) is 57.0 Å². The van der Waals surface area contributed by atoms with Crippen molar-refractivity contribution in [2.75, 3.05) is 20.2 Å². The Morgan fingerprint density at radius 2 is 2.00 bits per heavy atom. The van der Waals surface area contributed by atoms with Crippen molar-refractivity contribution in [3.8, 4) is 16.3 Å². The first-order chi connectivity index (χ1) is 15.8. The van der Waals surface area contributed by atoms with Crippen molar-refractivity contribution in [1.82, 2.24) is 19.7 Å². The van der Waals surface area contributed by atoms with Crippen LogP contribution in [0, 0.1) is 5.82 Å². The Kier molecular flexibility index (Phi) is 6.57. The number of halogens is 1. The number of carbonyl (C=O) groups excluding carboxylic acids is 1. The molecular formula is C23H25FN4O4S. The topological polar surface area (TPSA) is 97.6 Å². The minimum absolute atomic E-state index is 0.0128. The lowest BCUT2D eigenvalue weighted by atomic mass is 10.0. The highest BCUT2D eigenvalue weighted by Crippen LogP contribution is 2.32. The van der Waals surface area contributed by atoms with Gasteiger partial charge in [-0.15, -0.1) is 10.2 Å². The lowest BCUT2D eigenvalue weighted by Crippen LogP contribution is -2.45. The molecular weight excluding hydrogens is 447 g/mol. The first kappa shape index (κ1) is 23.1. The van der Waals surface area contributed by atoms with Gasteiger partial charge in [0.2, 0.25) is 5.43 Å². The molecule has 10 heteroatoms. The summed E-state index contributed by atoms with van der Waals surface area (Å²) in [5.74, 6) is -1.28. The van der Waals surface area contributed by atoms with E-state index < -0.39 is 11.2 Å². The summed E-state index contributed by atoms with van der Waals surface area (Å²) in [6, 6.07) is 5.92. The molecule has 1 N–H and O–H groups in total. The standard InChI is InChI=1S/C23H25FN4O4S/c1-4-27-11-16(9-13(2)32-3)28-12-17(20(29)21(30)19(28)23(27)31)22-26-25-18(33-22)10-14-5-7-15(24)8-6-14/h5-8,12-13,16,30H,4,9-11H2,1-3H3/t13-,16-/m0/s1. The fourth-order valence-electron chi connectivity index (χ4n) is 4.00. The van der Waals surface area contributed by atoms with Crippen LogP contribution in [0.1, 0.15) is 47.4 Å². The maximum atomic E-state index is 13.2. The van der Waals surface area contributed by atoms with E-state index in [0.717, 1.165) is 5.56 Å². The van der Waals surface area contributed by atoms with Crippen molar-refractivity contribution < 1.29 is 19.0 Å². The smallest absolute Gasteiger partial charge is 0.274 e. The number of fused-ring (bicyclic) bond motifs is 1. The molecule has 0 unspecified atom stereocenters. The van der Waals surface area contributed by atoms with Crippen molar-refractivity contribution in [1.29, 1.82) is 0 Å². The Morgan fingerprint density at radius 1 is 1.27 bits per heavy atom. The van der Waals surface area contributed by atoms with E-state index in [1.807, 2.05) is 13.8 Å². The van der Waals surface area contributed by atoms with Crippen molar-refractivity contribution in [2.45, 2.75) is 38.8 Å². The second-order valence-electron chi connectivity index (χ2n) is 8.06. The number of pyridine rings is 1. The molecule has 3 aromatic rings. The molecule has 1 aliphatic rings. The van der Waals surface area contributed by atoms with E-state index in [-0.39, 0.29) is 35.1 Å². The van der Waals surface area contributed by atoms with Gasteiger partial charge in [0.25, 0.3) is 5.91 Å². The van der Waals surface area contributed by atoms with Gasteiger partial charge in [0.05, 0.1) is 17.7 Å². The highest BCUT2D eigenvalue weighted by Gasteiger charge is 2.35. The predicted molar refractivity (Wildman–Crippen MR) is 122 cm³/mol. The number of aromatic nitrogens is 3. The number of likely N-dealkylation sites (N-methyl/N-ethyl adjacent to an activating group) is 1. The Bertz CT molecular complexity index is 1220. The second kappa shape index (κ2) is 9.40. The van der Waals surface area contributed by atoms with E-state index in [1.165, 1.54) is 23.5 Å². The summed E-state index contributed by atoms with van der Waals surface area (Å²) < 4.78 is 20.3. The minimum Gasteiger partial charge on any atom is -0.503 e. The number of rotatable bonds is 7. The van der Waals surface area contributed by atoms with E-state index in [2.05, 4.69) is 10.2 Å². The fraction of sp³-hybridized carbons (Fsp3) is 0.391. The van der Waals surface area contributed by atoms with Crippen LogP contribution in [0.5, 0.6) is 5.75 Å². The van der Waals surface area contributed by atoms with Gasteiger partial charge in [0.15, 0.2) is 16.5 Å². The SMILES string of the molecule is CCN1C[C@H](C[C@H](C)OC)n2cc(-c3nnc(Cc4ccc(F)cc4)s3)c(=O)c(O)c2C1=O. The maximum Gasteiger partial charge on any atom is 0.274 e.